The lowest BCUT2D eigenvalue weighted by Gasteiger charge is -2.27. The van der Waals surface area contributed by atoms with Gasteiger partial charge in [-0.1, -0.05) is 25.0 Å². The zero-order valence-electron chi connectivity index (χ0n) is 12.4. The first-order chi connectivity index (χ1) is 9.20. The van der Waals surface area contributed by atoms with Crippen LogP contribution in [-0.2, 0) is 0 Å². The van der Waals surface area contributed by atoms with Crippen molar-refractivity contribution >= 4 is 0 Å². The van der Waals surface area contributed by atoms with Gasteiger partial charge in [0.1, 0.15) is 5.75 Å². The second kappa shape index (κ2) is 6.92. The molecule has 19 heavy (non-hydrogen) atoms. The number of hydrogen-bond acceptors (Lipinski definition) is 3. The number of likely N-dealkylation sites (N-methyl/N-ethyl adjacent to an activating group) is 1. The first kappa shape index (κ1) is 14.4. The molecule has 3 heteroatoms. The highest BCUT2D eigenvalue weighted by Crippen LogP contribution is 2.23. The van der Waals surface area contributed by atoms with Gasteiger partial charge in [-0.05, 0) is 44.6 Å². The Hall–Kier alpha value is -1.06. The summed E-state index contributed by atoms with van der Waals surface area (Å²) in [6.45, 7) is 1.00. The van der Waals surface area contributed by atoms with Crippen LogP contribution < -0.4 is 10.1 Å². The van der Waals surface area contributed by atoms with Gasteiger partial charge < -0.3 is 15.0 Å². The first-order valence-corrected chi connectivity index (χ1v) is 7.24. The van der Waals surface area contributed by atoms with E-state index in [0.717, 1.165) is 12.3 Å². The predicted molar refractivity (Wildman–Crippen MR) is 79.7 cm³/mol. The Morgan fingerprint density at radius 2 is 2.05 bits per heavy atom. The quantitative estimate of drug-likeness (QED) is 0.853. The number of nitrogens with zero attached hydrogens (tertiary/aromatic N) is 1. The maximum atomic E-state index is 5.32. The van der Waals surface area contributed by atoms with Crippen LogP contribution in [0.2, 0.25) is 0 Å². The van der Waals surface area contributed by atoms with Gasteiger partial charge in [-0.2, -0.15) is 0 Å². The predicted octanol–water partition coefficient (Wildman–Crippen LogP) is 2.83. The first-order valence-electron chi connectivity index (χ1n) is 7.24. The molecular weight excluding hydrogens is 236 g/mol. The van der Waals surface area contributed by atoms with Crippen LogP contribution in [0.1, 0.15) is 37.3 Å². The van der Waals surface area contributed by atoms with Gasteiger partial charge in [0.25, 0.3) is 0 Å². The molecule has 1 aromatic carbocycles. The largest absolute Gasteiger partial charge is 0.497 e. The molecule has 1 fully saturated rings. The molecule has 0 aromatic heterocycles. The number of benzene rings is 1. The number of nitrogens with one attached hydrogen (secondary N) is 1. The minimum Gasteiger partial charge on any atom is -0.497 e. The lowest BCUT2D eigenvalue weighted by molar-refractivity contribution is 0.278. The molecule has 1 N–H and O–H groups in total. The summed E-state index contributed by atoms with van der Waals surface area (Å²) in [7, 11) is 6.00. The van der Waals surface area contributed by atoms with Crippen molar-refractivity contribution in [3.05, 3.63) is 29.8 Å². The highest BCUT2D eigenvalue weighted by Gasteiger charge is 2.19. The molecule has 1 aliphatic carbocycles. The molecule has 3 nitrogen and oxygen atoms in total. The molecule has 1 saturated carbocycles. The second-order valence-corrected chi connectivity index (χ2v) is 5.65. The third kappa shape index (κ3) is 3.95. The summed E-state index contributed by atoms with van der Waals surface area (Å²) >= 11 is 0. The van der Waals surface area contributed by atoms with E-state index < -0.39 is 0 Å². The summed E-state index contributed by atoms with van der Waals surface area (Å²) in [6.07, 6.45) is 5.42. The number of ether oxygens (including phenoxy) is 1. The standard InChI is InChI=1S/C16H26N2O/c1-18(2)16(12-17-14-8-4-5-9-14)13-7-6-10-15(11-13)19-3/h6-7,10-11,14,16-17H,4-5,8-9,12H2,1-3H3. The maximum absolute atomic E-state index is 5.32. The molecule has 1 atom stereocenters. The smallest absolute Gasteiger partial charge is 0.119 e. The molecule has 0 radical (unpaired) electrons. The molecule has 1 aliphatic rings. The fourth-order valence-electron chi connectivity index (χ4n) is 2.86. The number of hydrogen-bond donors (Lipinski definition) is 1. The van der Waals surface area contributed by atoms with E-state index >= 15 is 0 Å². The Morgan fingerprint density at radius 3 is 2.68 bits per heavy atom. The van der Waals surface area contributed by atoms with E-state index in [2.05, 4.69) is 42.5 Å². The van der Waals surface area contributed by atoms with Crippen LogP contribution >= 0.6 is 0 Å². The van der Waals surface area contributed by atoms with Crippen LogP contribution in [0.3, 0.4) is 0 Å². The molecule has 106 valence electrons. The minimum atomic E-state index is 0.399. The third-order valence-electron chi connectivity index (χ3n) is 4.06. The Bertz CT molecular complexity index is 386. The molecule has 2 rings (SSSR count). The molecule has 0 spiro atoms. The van der Waals surface area contributed by atoms with Gasteiger partial charge in [0, 0.05) is 18.6 Å². The minimum absolute atomic E-state index is 0.399. The van der Waals surface area contributed by atoms with Crippen LogP contribution in [0.15, 0.2) is 24.3 Å². The molecule has 0 amide bonds. The van der Waals surface area contributed by atoms with Crippen molar-refractivity contribution in [3.8, 4) is 5.75 Å². The van der Waals surface area contributed by atoms with Crippen molar-refractivity contribution in [2.45, 2.75) is 37.8 Å². The Labute approximate surface area is 116 Å². The second-order valence-electron chi connectivity index (χ2n) is 5.65. The van der Waals surface area contributed by atoms with Crippen molar-refractivity contribution in [2.75, 3.05) is 27.7 Å². The maximum Gasteiger partial charge on any atom is 0.119 e. The Morgan fingerprint density at radius 1 is 1.32 bits per heavy atom. The van der Waals surface area contributed by atoms with E-state index in [9.17, 15) is 0 Å². The molecular formula is C16H26N2O. The third-order valence-corrected chi connectivity index (χ3v) is 4.06. The molecule has 0 saturated heterocycles. The van der Waals surface area contributed by atoms with Gasteiger partial charge in [0.15, 0.2) is 0 Å². The molecule has 1 unspecified atom stereocenters. The molecule has 0 aliphatic heterocycles. The van der Waals surface area contributed by atoms with Crippen molar-refractivity contribution in [2.24, 2.45) is 0 Å². The SMILES string of the molecule is COc1cccc(C(CNC2CCCC2)N(C)C)c1. The normalized spacial score (nSPS) is 17.9. The van der Waals surface area contributed by atoms with E-state index in [1.807, 2.05) is 6.07 Å². The average Bonchev–Trinajstić information content (AvgIpc) is 2.92. The lowest BCUT2D eigenvalue weighted by Crippen LogP contribution is -2.35. The molecule has 0 heterocycles. The Balaban J connectivity index is 2.01. The topological polar surface area (TPSA) is 24.5 Å². The van der Waals surface area contributed by atoms with Crippen molar-refractivity contribution in [1.82, 2.24) is 10.2 Å². The lowest BCUT2D eigenvalue weighted by atomic mass is 10.0. The van der Waals surface area contributed by atoms with Crippen molar-refractivity contribution < 1.29 is 4.74 Å². The van der Waals surface area contributed by atoms with Gasteiger partial charge in [-0.3, -0.25) is 0 Å². The highest BCUT2D eigenvalue weighted by atomic mass is 16.5. The van der Waals surface area contributed by atoms with E-state index in [1.54, 1.807) is 7.11 Å². The van der Waals surface area contributed by atoms with Gasteiger partial charge in [0.05, 0.1) is 7.11 Å². The van der Waals surface area contributed by atoms with Gasteiger partial charge in [-0.25, -0.2) is 0 Å². The summed E-state index contributed by atoms with van der Waals surface area (Å²) < 4.78 is 5.32. The number of methoxy groups -OCH3 is 1. The van der Waals surface area contributed by atoms with Crippen LogP contribution in [0, 0.1) is 0 Å². The van der Waals surface area contributed by atoms with Crippen LogP contribution in [0.5, 0.6) is 5.75 Å². The fourth-order valence-corrected chi connectivity index (χ4v) is 2.86. The summed E-state index contributed by atoms with van der Waals surface area (Å²) in [5.41, 5.74) is 1.31. The van der Waals surface area contributed by atoms with Gasteiger partial charge >= 0.3 is 0 Å². The van der Waals surface area contributed by atoms with Gasteiger partial charge in [-0.15, -0.1) is 0 Å². The summed E-state index contributed by atoms with van der Waals surface area (Å²) in [4.78, 5) is 2.27. The fraction of sp³-hybridized carbons (Fsp3) is 0.625. The zero-order chi connectivity index (χ0) is 13.7. The van der Waals surface area contributed by atoms with Crippen LogP contribution in [0.25, 0.3) is 0 Å². The van der Waals surface area contributed by atoms with Crippen LogP contribution in [0.4, 0.5) is 0 Å². The van der Waals surface area contributed by atoms with Crippen molar-refractivity contribution in [1.29, 1.82) is 0 Å². The van der Waals surface area contributed by atoms with E-state index in [0.29, 0.717) is 12.1 Å². The summed E-state index contributed by atoms with van der Waals surface area (Å²) in [6, 6.07) is 9.51. The summed E-state index contributed by atoms with van der Waals surface area (Å²) in [5, 5.41) is 3.72. The van der Waals surface area contributed by atoms with E-state index in [4.69, 9.17) is 4.74 Å². The number of rotatable bonds is 6. The van der Waals surface area contributed by atoms with Crippen LogP contribution in [-0.4, -0.2) is 38.7 Å². The highest BCUT2D eigenvalue weighted by molar-refractivity contribution is 5.30. The van der Waals surface area contributed by atoms with E-state index in [-0.39, 0.29) is 0 Å². The van der Waals surface area contributed by atoms with Gasteiger partial charge in [0.2, 0.25) is 0 Å². The average molecular weight is 262 g/mol. The molecule has 0 bridgehead atoms. The monoisotopic (exact) mass is 262 g/mol. The van der Waals surface area contributed by atoms with E-state index in [1.165, 1.54) is 31.2 Å². The zero-order valence-corrected chi connectivity index (χ0v) is 12.4. The summed E-state index contributed by atoms with van der Waals surface area (Å²) in [5.74, 6) is 0.935. The van der Waals surface area contributed by atoms with Crippen molar-refractivity contribution in [3.63, 3.8) is 0 Å². The molecule has 1 aromatic rings. The Kier molecular flexibility index (Phi) is 5.23.